The van der Waals surface area contributed by atoms with Crippen molar-refractivity contribution in [2.45, 2.75) is 104 Å². The average molecular weight is 415 g/mol. The first-order valence-electron chi connectivity index (χ1n) is 11.9. The van der Waals surface area contributed by atoms with Crippen molar-refractivity contribution in [1.82, 2.24) is 0 Å². The van der Waals surface area contributed by atoms with Crippen molar-refractivity contribution in [3.63, 3.8) is 0 Å². The Balaban J connectivity index is 2.02. The predicted octanol–water partition coefficient (Wildman–Crippen LogP) is 7.06. The molecule has 4 nitrogen and oxygen atoms in total. The van der Waals surface area contributed by atoms with Crippen molar-refractivity contribution in [3.8, 4) is 11.5 Å². The highest BCUT2D eigenvalue weighted by Gasteiger charge is 2.32. The molecular weight excluding hydrogens is 376 g/mol. The van der Waals surface area contributed by atoms with Gasteiger partial charge in [-0.2, -0.15) is 0 Å². The lowest BCUT2D eigenvalue weighted by molar-refractivity contribution is 0.0976. The number of allylic oxidation sites excluding steroid dienone is 2. The quantitative estimate of drug-likeness (QED) is 0.252. The summed E-state index contributed by atoms with van der Waals surface area (Å²) in [5.41, 5.74) is 0.956. The minimum absolute atomic E-state index is 0.0207. The molecule has 1 aromatic carbocycles. The third kappa shape index (κ3) is 6.45. The van der Waals surface area contributed by atoms with E-state index in [2.05, 4.69) is 13.8 Å². The third-order valence-electron chi connectivity index (χ3n) is 6.03. The van der Waals surface area contributed by atoms with E-state index in [0.29, 0.717) is 24.0 Å². The standard InChI is InChI=1S/C26H38O4/c1-3-5-7-9-11-13-15-19-17-21(27)24-23(25(19)29)22(28)18-20(26(24)30)16-14-12-10-8-6-4-2/h17-18,27,29H,3-16H2,1-2H3. The van der Waals surface area contributed by atoms with Crippen LogP contribution < -0.4 is 0 Å². The summed E-state index contributed by atoms with van der Waals surface area (Å²) in [6.07, 6.45) is 15.8. The molecule has 4 heteroatoms. The molecule has 0 aliphatic heterocycles. The number of Topliss-reactive ketones (excluding diaryl/α,β-unsaturated/α-hetero) is 1. The molecule has 0 aromatic heterocycles. The number of benzene rings is 1. The molecule has 0 bridgehead atoms. The van der Waals surface area contributed by atoms with Gasteiger partial charge < -0.3 is 10.2 Å². The number of fused-ring (bicyclic) bond motifs is 1. The Hall–Kier alpha value is -2.10. The molecule has 30 heavy (non-hydrogen) atoms. The number of rotatable bonds is 14. The zero-order valence-electron chi connectivity index (χ0n) is 18.8. The Morgan fingerprint density at radius 3 is 1.83 bits per heavy atom. The second-order valence-electron chi connectivity index (χ2n) is 8.55. The first kappa shape index (κ1) is 24.2. The van der Waals surface area contributed by atoms with Crippen molar-refractivity contribution in [2.75, 3.05) is 0 Å². The number of carbonyl (C=O) groups is 2. The van der Waals surface area contributed by atoms with Gasteiger partial charge in [0.05, 0.1) is 11.1 Å². The lowest BCUT2D eigenvalue weighted by Crippen LogP contribution is -2.18. The average Bonchev–Trinajstić information content (AvgIpc) is 2.72. The third-order valence-corrected chi connectivity index (χ3v) is 6.03. The summed E-state index contributed by atoms with van der Waals surface area (Å²) in [6.45, 7) is 4.36. The summed E-state index contributed by atoms with van der Waals surface area (Å²) in [5.74, 6) is -1.01. The van der Waals surface area contributed by atoms with E-state index in [4.69, 9.17) is 0 Å². The molecule has 1 aliphatic rings. The summed E-state index contributed by atoms with van der Waals surface area (Å²) in [7, 11) is 0. The van der Waals surface area contributed by atoms with Crippen molar-refractivity contribution in [1.29, 1.82) is 0 Å². The van der Waals surface area contributed by atoms with E-state index in [9.17, 15) is 19.8 Å². The molecular formula is C26H38O4. The predicted molar refractivity (Wildman–Crippen MR) is 122 cm³/mol. The first-order chi connectivity index (χ1) is 14.5. The van der Waals surface area contributed by atoms with E-state index in [1.54, 1.807) is 0 Å². The van der Waals surface area contributed by atoms with E-state index in [1.807, 2.05) is 0 Å². The van der Waals surface area contributed by atoms with Crippen LogP contribution in [0.3, 0.4) is 0 Å². The smallest absolute Gasteiger partial charge is 0.193 e. The molecule has 0 saturated heterocycles. The molecule has 1 aliphatic carbocycles. The Bertz CT molecular complexity index is 761. The van der Waals surface area contributed by atoms with Crippen molar-refractivity contribution in [3.05, 3.63) is 34.4 Å². The zero-order valence-corrected chi connectivity index (χ0v) is 18.8. The maximum absolute atomic E-state index is 12.9. The minimum Gasteiger partial charge on any atom is -0.507 e. The van der Waals surface area contributed by atoms with Crippen molar-refractivity contribution < 1.29 is 19.8 Å². The minimum atomic E-state index is -0.372. The summed E-state index contributed by atoms with van der Waals surface area (Å²) in [6, 6.07) is 1.47. The molecule has 0 spiro atoms. The van der Waals surface area contributed by atoms with Crippen LogP contribution in [0.5, 0.6) is 11.5 Å². The number of phenols is 2. The van der Waals surface area contributed by atoms with Crippen LogP contribution >= 0.6 is 0 Å². The Labute approximate surface area is 181 Å². The molecule has 1 aromatic rings. The molecule has 166 valence electrons. The zero-order chi connectivity index (χ0) is 21.9. The molecule has 0 unspecified atom stereocenters. The molecule has 2 N–H and O–H groups in total. The van der Waals surface area contributed by atoms with Gasteiger partial charge in [-0.1, -0.05) is 78.1 Å². The Kier molecular flexibility index (Phi) is 10.1. The molecule has 0 fully saturated rings. The van der Waals surface area contributed by atoms with Crippen LogP contribution in [-0.4, -0.2) is 21.8 Å². The summed E-state index contributed by atoms with van der Waals surface area (Å²) >= 11 is 0. The summed E-state index contributed by atoms with van der Waals surface area (Å²) in [5, 5.41) is 21.2. The van der Waals surface area contributed by atoms with E-state index in [-0.39, 0.29) is 34.2 Å². The van der Waals surface area contributed by atoms with E-state index < -0.39 is 0 Å². The molecule has 0 radical (unpaired) electrons. The van der Waals surface area contributed by atoms with Gasteiger partial charge in [-0.15, -0.1) is 0 Å². The van der Waals surface area contributed by atoms with Gasteiger partial charge in [0, 0.05) is 5.57 Å². The van der Waals surface area contributed by atoms with Crippen LogP contribution in [0.2, 0.25) is 0 Å². The maximum atomic E-state index is 12.9. The van der Waals surface area contributed by atoms with Gasteiger partial charge in [-0.3, -0.25) is 9.59 Å². The second kappa shape index (κ2) is 12.6. The van der Waals surface area contributed by atoms with Gasteiger partial charge >= 0.3 is 0 Å². The fourth-order valence-corrected chi connectivity index (χ4v) is 4.21. The van der Waals surface area contributed by atoms with Gasteiger partial charge in [-0.05, 0) is 43.4 Å². The highest BCUT2D eigenvalue weighted by Crippen LogP contribution is 2.39. The number of hydrogen-bond donors (Lipinski definition) is 2. The number of ketones is 2. The molecule has 0 atom stereocenters. The molecule has 0 heterocycles. The van der Waals surface area contributed by atoms with Gasteiger partial charge in [0.25, 0.3) is 0 Å². The van der Waals surface area contributed by atoms with Crippen LogP contribution in [0.15, 0.2) is 17.7 Å². The van der Waals surface area contributed by atoms with Crippen LogP contribution in [0.1, 0.15) is 124 Å². The van der Waals surface area contributed by atoms with E-state index >= 15 is 0 Å². The van der Waals surface area contributed by atoms with Crippen LogP contribution in [-0.2, 0) is 6.42 Å². The van der Waals surface area contributed by atoms with Crippen molar-refractivity contribution >= 4 is 11.6 Å². The van der Waals surface area contributed by atoms with Crippen LogP contribution in [0.25, 0.3) is 0 Å². The second-order valence-corrected chi connectivity index (χ2v) is 8.55. The lowest BCUT2D eigenvalue weighted by Gasteiger charge is -2.19. The number of aryl methyl sites for hydroxylation is 1. The molecule has 0 amide bonds. The highest BCUT2D eigenvalue weighted by atomic mass is 16.3. The highest BCUT2D eigenvalue weighted by molar-refractivity contribution is 6.26. The molecule has 2 rings (SSSR count). The Morgan fingerprint density at radius 1 is 0.700 bits per heavy atom. The summed E-state index contributed by atoms with van der Waals surface area (Å²) < 4.78 is 0. The number of aromatic hydroxyl groups is 2. The lowest BCUT2D eigenvalue weighted by atomic mass is 9.84. The van der Waals surface area contributed by atoms with Crippen molar-refractivity contribution in [2.24, 2.45) is 0 Å². The van der Waals surface area contributed by atoms with Crippen LogP contribution in [0, 0.1) is 0 Å². The monoisotopic (exact) mass is 414 g/mol. The van der Waals surface area contributed by atoms with Gasteiger partial charge in [0.1, 0.15) is 11.5 Å². The van der Waals surface area contributed by atoms with Gasteiger partial charge in [0.15, 0.2) is 11.6 Å². The normalized spacial score (nSPS) is 13.5. The van der Waals surface area contributed by atoms with Crippen LogP contribution in [0.4, 0.5) is 0 Å². The van der Waals surface area contributed by atoms with Gasteiger partial charge in [-0.25, -0.2) is 0 Å². The number of hydrogen-bond acceptors (Lipinski definition) is 4. The van der Waals surface area contributed by atoms with E-state index in [1.165, 1.54) is 50.7 Å². The maximum Gasteiger partial charge on any atom is 0.193 e. The molecule has 0 saturated carbocycles. The number of phenolic OH excluding ortho intramolecular Hbond substituents is 2. The number of carbonyl (C=O) groups excluding carboxylic acids is 2. The fraction of sp³-hybridized carbons (Fsp3) is 0.615. The topological polar surface area (TPSA) is 74.6 Å². The number of unbranched alkanes of at least 4 members (excludes halogenated alkanes) is 10. The Morgan fingerprint density at radius 2 is 1.23 bits per heavy atom. The van der Waals surface area contributed by atoms with E-state index in [0.717, 1.165) is 38.5 Å². The summed E-state index contributed by atoms with van der Waals surface area (Å²) in [4.78, 5) is 25.6. The largest absolute Gasteiger partial charge is 0.507 e. The first-order valence-corrected chi connectivity index (χ1v) is 11.9. The SMILES string of the molecule is CCCCCCCCC1=CC(=O)c2c(O)c(CCCCCCCC)cc(O)c2C1=O. The fourth-order valence-electron chi connectivity index (χ4n) is 4.21. The van der Waals surface area contributed by atoms with Gasteiger partial charge in [0.2, 0.25) is 0 Å².